The number of amides is 3. The zero-order chi connectivity index (χ0) is 19.4. The minimum atomic E-state index is -0.516. The van der Waals surface area contributed by atoms with Crippen molar-refractivity contribution in [1.29, 1.82) is 0 Å². The monoisotopic (exact) mass is 408 g/mol. The lowest BCUT2D eigenvalue weighted by molar-refractivity contribution is -0.384. The molecule has 1 aromatic heterocycles. The Balaban J connectivity index is 1.56. The van der Waals surface area contributed by atoms with E-state index in [1.54, 1.807) is 13.0 Å². The molecule has 0 spiro atoms. The number of carbonyl (C=O) groups is 2. The van der Waals surface area contributed by atoms with Gasteiger partial charge in [0.25, 0.3) is 5.69 Å². The van der Waals surface area contributed by atoms with Crippen molar-refractivity contribution < 1.29 is 14.5 Å². The van der Waals surface area contributed by atoms with Crippen molar-refractivity contribution in [2.75, 3.05) is 0 Å². The van der Waals surface area contributed by atoms with Gasteiger partial charge in [-0.1, -0.05) is 31.0 Å². The summed E-state index contributed by atoms with van der Waals surface area (Å²) >= 11 is 2.51. The lowest BCUT2D eigenvalue weighted by atomic mass is 9.96. The van der Waals surface area contributed by atoms with Crippen molar-refractivity contribution in [3.8, 4) is 0 Å². The number of non-ortho nitro benzene ring substituents is 1. The Morgan fingerprint density at radius 2 is 2.07 bits per heavy atom. The Morgan fingerprint density at radius 1 is 1.33 bits per heavy atom. The van der Waals surface area contributed by atoms with E-state index < -0.39 is 22.1 Å². The van der Waals surface area contributed by atoms with Crippen LogP contribution in [0, 0.1) is 10.1 Å². The van der Waals surface area contributed by atoms with Crippen molar-refractivity contribution in [3.63, 3.8) is 0 Å². The zero-order valence-electron chi connectivity index (χ0n) is 14.8. The third-order valence-corrected chi connectivity index (χ3v) is 6.60. The maximum Gasteiger partial charge on any atom is 0.321 e. The number of hydrogen-bond acceptors (Lipinski definition) is 7. The van der Waals surface area contributed by atoms with E-state index in [0.29, 0.717) is 14.6 Å². The molecule has 27 heavy (non-hydrogen) atoms. The number of thioether (sulfide) groups is 1. The summed E-state index contributed by atoms with van der Waals surface area (Å²) in [4.78, 5) is 39.0. The molecule has 0 aliphatic heterocycles. The zero-order valence-corrected chi connectivity index (χ0v) is 16.4. The number of fused-ring (bicyclic) bond motifs is 1. The molecule has 3 amide bonds. The van der Waals surface area contributed by atoms with E-state index in [1.807, 2.05) is 0 Å². The van der Waals surface area contributed by atoms with Gasteiger partial charge in [-0.05, 0) is 25.8 Å². The number of thiazole rings is 1. The molecular weight excluding hydrogens is 388 g/mol. The fourth-order valence-corrected chi connectivity index (χ4v) is 5.19. The quantitative estimate of drug-likeness (QED) is 0.441. The van der Waals surface area contributed by atoms with Gasteiger partial charge in [0.2, 0.25) is 5.91 Å². The highest BCUT2D eigenvalue weighted by molar-refractivity contribution is 8.02. The van der Waals surface area contributed by atoms with Crippen molar-refractivity contribution in [2.24, 2.45) is 0 Å². The fraction of sp³-hybridized carbons (Fsp3) is 0.471. The first-order chi connectivity index (χ1) is 12.9. The van der Waals surface area contributed by atoms with Gasteiger partial charge in [-0.25, -0.2) is 9.78 Å². The van der Waals surface area contributed by atoms with E-state index in [0.717, 1.165) is 25.7 Å². The lowest BCUT2D eigenvalue weighted by Crippen LogP contribution is -2.47. The molecule has 2 aromatic rings. The van der Waals surface area contributed by atoms with Crippen LogP contribution in [0.15, 0.2) is 22.5 Å². The third-order valence-electron chi connectivity index (χ3n) is 4.39. The van der Waals surface area contributed by atoms with Crippen LogP contribution in [-0.4, -0.2) is 33.1 Å². The van der Waals surface area contributed by atoms with Crippen LogP contribution in [0.5, 0.6) is 0 Å². The van der Waals surface area contributed by atoms with Crippen molar-refractivity contribution in [2.45, 2.75) is 54.7 Å². The van der Waals surface area contributed by atoms with Gasteiger partial charge in [0, 0.05) is 18.2 Å². The predicted octanol–water partition coefficient (Wildman–Crippen LogP) is 3.84. The molecule has 10 heteroatoms. The fourth-order valence-electron chi connectivity index (χ4n) is 2.94. The summed E-state index contributed by atoms with van der Waals surface area (Å²) in [5.41, 5.74) is 0.656. The van der Waals surface area contributed by atoms with Crippen molar-refractivity contribution in [1.82, 2.24) is 15.6 Å². The number of carbonyl (C=O) groups excluding carboxylic acids is 2. The summed E-state index contributed by atoms with van der Waals surface area (Å²) in [5.74, 6) is -0.390. The Bertz CT molecular complexity index is 864. The summed E-state index contributed by atoms with van der Waals surface area (Å²) in [6, 6.07) is 4.15. The third kappa shape index (κ3) is 5.16. The summed E-state index contributed by atoms with van der Waals surface area (Å²) < 4.78 is 1.31. The molecule has 2 N–H and O–H groups in total. The molecule has 1 aromatic carbocycles. The molecular formula is C17H20N4O4S2. The first kappa shape index (κ1) is 19.6. The molecule has 3 rings (SSSR count). The number of nitro benzene ring substituents is 1. The van der Waals surface area contributed by atoms with E-state index in [2.05, 4.69) is 15.6 Å². The van der Waals surface area contributed by atoms with Gasteiger partial charge in [0.05, 0.1) is 20.4 Å². The van der Waals surface area contributed by atoms with E-state index in [-0.39, 0.29) is 11.7 Å². The molecule has 1 fully saturated rings. The van der Waals surface area contributed by atoms with Crippen LogP contribution >= 0.6 is 23.1 Å². The van der Waals surface area contributed by atoms with Gasteiger partial charge < -0.3 is 5.32 Å². The number of nitro groups is 1. The van der Waals surface area contributed by atoms with Crippen LogP contribution < -0.4 is 10.6 Å². The van der Waals surface area contributed by atoms with Gasteiger partial charge in [-0.3, -0.25) is 20.2 Å². The maximum atomic E-state index is 12.3. The van der Waals surface area contributed by atoms with Crippen LogP contribution in [0.1, 0.15) is 39.0 Å². The number of nitrogens with zero attached hydrogens (tertiary/aromatic N) is 2. The molecule has 0 bridgehead atoms. The van der Waals surface area contributed by atoms with Crippen LogP contribution in [-0.2, 0) is 4.79 Å². The Labute approximate surface area is 164 Å². The van der Waals surface area contributed by atoms with Crippen LogP contribution in [0.25, 0.3) is 10.2 Å². The number of rotatable bonds is 5. The highest BCUT2D eigenvalue weighted by atomic mass is 32.2. The van der Waals surface area contributed by atoms with E-state index in [9.17, 15) is 19.7 Å². The van der Waals surface area contributed by atoms with Gasteiger partial charge in [0.15, 0.2) is 4.34 Å². The number of benzene rings is 1. The molecule has 8 nitrogen and oxygen atoms in total. The summed E-state index contributed by atoms with van der Waals surface area (Å²) in [6.07, 6.45) is 5.28. The minimum Gasteiger partial charge on any atom is -0.335 e. The van der Waals surface area contributed by atoms with Gasteiger partial charge >= 0.3 is 6.03 Å². The molecule has 1 aliphatic carbocycles. The van der Waals surface area contributed by atoms with Crippen LogP contribution in [0.3, 0.4) is 0 Å². The molecule has 1 saturated carbocycles. The first-order valence-corrected chi connectivity index (χ1v) is 10.4. The molecule has 0 radical (unpaired) electrons. The normalized spacial score (nSPS) is 16.0. The number of nitrogens with one attached hydrogen (secondary N) is 2. The average molecular weight is 409 g/mol. The molecule has 144 valence electrons. The second-order valence-electron chi connectivity index (χ2n) is 6.45. The van der Waals surface area contributed by atoms with Gasteiger partial charge in [0.1, 0.15) is 0 Å². The summed E-state index contributed by atoms with van der Waals surface area (Å²) in [6.45, 7) is 1.70. The standard InChI is InChI=1S/C17H20N4O4S2/c1-10(15(22)20-16(23)18-11-5-3-2-4-6-11)26-17-19-13-8-7-12(21(24)25)9-14(13)27-17/h7-11H,2-6H2,1H3,(H2,18,20,22,23)/t10-/m1/s1. The average Bonchev–Trinajstić information content (AvgIpc) is 3.03. The van der Waals surface area contributed by atoms with E-state index in [1.165, 1.54) is 41.7 Å². The SMILES string of the molecule is C[C@@H](Sc1nc2ccc([N+](=O)[O-])cc2s1)C(=O)NC(=O)NC1CCCCC1. The highest BCUT2D eigenvalue weighted by Crippen LogP contribution is 2.33. The predicted molar refractivity (Wildman–Crippen MR) is 105 cm³/mol. The topological polar surface area (TPSA) is 114 Å². The Hall–Kier alpha value is -2.20. The van der Waals surface area contributed by atoms with Crippen molar-refractivity contribution in [3.05, 3.63) is 28.3 Å². The number of aromatic nitrogens is 1. The van der Waals surface area contributed by atoms with E-state index in [4.69, 9.17) is 0 Å². The Morgan fingerprint density at radius 3 is 2.78 bits per heavy atom. The van der Waals surface area contributed by atoms with Crippen LogP contribution in [0.2, 0.25) is 0 Å². The second kappa shape index (κ2) is 8.66. The number of imide groups is 1. The molecule has 0 unspecified atom stereocenters. The highest BCUT2D eigenvalue weighted by Gasteiger charge is 2.21. The molecule has 1 aliphatic rings. The molecule has 0 saturated heterocycles. The van der Waals surface area contributed by atoms with E-state index >= 15 is 0 Å². The lowest BCUT2D eigenvalue weighted by Gasteiger charge is -2.22. The number of hydrogen-bond donors (Lipinski definition) is 2. The van der Waals surface area contributed by atoms with Gasteiger partial charge in [-0.15, -0.1) is 11.3 Å². The summed E-state index contributed by atoms with van der Waals surface area (Å²) in [7, 11) is 0. The maximum absolute atomic E-state index is 12.3. The first-order valence-electron chi connectivity index (χ1n) is 8.75. The smallest absolute Gasteiger partial charge is 0.321 e. The molecule has 1 heterocycles. The largest absolute Gasteiger partial charge is 0.335 e. The van der Waals surface area contributed by atoms with Gasteiger partial charge in [-0.2, -0.15) is 0 Å². The minimum absolute atomic E-state index is 0.00729. The van der Waals surface area contributed by atoms with Crippen LogP contribution in [0.4, 0.5) is 10.5 Å². The Kier molecular flexibility index (Phi) is 6.27. The summed E-state index contributed by atoms with van der Waals surface area (Å²) in [5, 5.41) is 15.6. The number of urea groups is 1. The molecule has 1 atom stereocenters. The second-order valence-corrected chi connectivity index (χ2v) is 9.07. The van der Waals surface area contributed by atoms with Crippen molar-refractivity contribution >= 4 is 50.9 Å².